The maximum atomic E-state index is 10.8. The third-order valence-electron chi connectivity index (χ3n) is 1.79. The molecule has 6 nitrogen and oxygen atoms in total. The molecule has 0 heterocycles. The van der Waals surface area contributed by atoms with E-state index in [1.54, 1.807) is 6.92 Å². The molecule has 0 aromatic heterocycles. The predicted molar refractivity (Wildman–Crippen MR) is 46.4 cm³/mol. The Morgan fingerprint density at radius 3 is 2.23 bits per heavy atom. The van der Waals surface area contributed by atoms with Gasteiger partial charge in [0.1, 0.15) is 6.04 Å². The minimum absolute atomic E-state index is 0.198. The molecule has 0 amide bonds. The molecule has 0 bridgehead atoms. The van der Waals surface area contributed by atoms with Crippen molar-refractivity contribution in [3.8, 4) is 0 Å². The average molecular weight is 211 g/mol. The van der Waals surface area contributed by atoms with Crippen molar-refractivity contribution in [3.05, 3.63) is 0 Å². The second-order valence-corrected chi connectivity index (χ2v) is 4.74. The van der Waals surface area contributed by atoms with Gasteiger partial charge in [-0.15, -0.1) is 0 Å². The van der Waals surface area contributed by atoms with Gasteiger partial charge in [-0.25, -0.2) is 0 Å². The largest absolute Gasteiger partial charge is 0.480 e. The molecule has 0 saturated carbocycles. The second-order valence-electron chi connectivity index (χ2n) is 2.83. The molecular weight excluding hydrogens is 197 g/mol. The van der Waals surface area contributed by atoms with Gasteiger partial charge in [-0.3, -0.25) is 9.36 Å². The molecule has 0 aromatic rings. The summed E-state index contributed by atoms with van der Waals surface area (Å²) in [5, 5.41) is 8.41. The maximum absolute atomic E-state index is 10.8. The van der Waals surface area contributed by atoms with Crippen LogP contribution in [0.3, 0.4) is 0 Å². The fourth-order valence-corrected chi connectivity index (χ4v) is 1.91. The van der Waals surface area contributed by atoms with Crippen LogP contribution in [-0.4, -0.2) is 32.6 Å². The van der Waals surface area contributed by atoms with E-state index >= 15 is 0 Å². The molecule has 7 heteroatoms. The summed E-state index contributed by atoms with van der Waals surface area (Å²) < 4.78 is 10.8. The van der Waals surface area contributed by atoms with E-state index in [0.29, 0.717) is 0 Å². The van der Waals surface area contributed by atoms with Crippen LogP contribution in [0.25, 0.3) is 0 Å². The summed E-state index contributed by atoms with van der Waals surface area (Å²) in [6.45, 7) is 1.58. The number of carbonyl (C=O) groups is 1. The van der Waals surface area contributed by atoms with Crippen LogP contribution in [0.1, 0.15) is 19.8 Å². The van der Waals surface area contributed by atoms with Crippen LogP contribution < -0.4 is 5.73 Å². The number of aliphatic carboxylic acids is 1. The van der Waals surface area contributed by atoms with Crippen molar-refractivity contribution in [2.75, 3.05) is 0 Å². The van der Waals surface area contributed by atoms with Crippen LogP contribution in [0.4, 0.5) is 0 Å². The van der Waals surface area contributed by atoms with Crippen LogP contribution in [-0.2, 0) is 9.36 Å². The smallest absolute Gasteiger partial charge is 0.328 e. The monoisotopic (exact) mass is 211 g/mol. The van der Waals surface area contributed by atoms with Crippen molar-refractivity contribution in [1.82, 2.24) is 0 Å². The highest BCUT2D eigenvalue weighted by Crippen LogP contribution is 2.44. The summed E-state index contributed by atoms with van der Waals surface area (Å²) in [7, 11) is -4.21. The molecule has 0 radical (unpaired) electrons. The Morgan fingerprint density at radius 1 is 1.54 bits per heavy atom. The molecular formula is C6H14NO5P. The Morgan fingerprint density at radius 2 is 2.00 bits per heavy atom. The summed E-state index contributed by atoms with van der Waals surface area (Å²) >= 11 is 0. The van der Waals surface area contributed by atoms with Gasteiger partial charge in [0.15, 0.2) is 0 Å². The lowest BCUT2D eigenvalue weighted by Gasteiger charge is -2.18. The molecule has 78 valence electrons. The number of nitrogens with two attached hydrogens (primary N) is 1. The molecule has 0 aliphatic rings. The SMILES string of the molecule is CCC(CC(N)C(=O)O)P(=O)(O)O. The topological polar surface area (TPSA) is 121 Å². The number of hydrogen-bond acceptors (Lipinski definition) is 3. The van der Waals surface area contributed by atoms with E-state index in [0.717, 1.165) is 0 Å². The zero-order valence-corrected chi connectivity index (χ0v) is 8.15. The molecule has 0 aliphatic heterocycles. The van der Waals surface area contributed by atoms with Gasteiger partial charge in [0.25, 0.3) is 0 Å². The molecule has 0 spiro atoms. The van der Waals surface area contributed by atoms with E-state index in [1.165, 1.54) is 0 Å². The van der Waals surface area contributed by atoms with Crippen molar-refractivity contribution in [2.45, 2.75) is 31.5 Å². The highest BCUT2D eigenvalue weighted by atomic mass is 31.2. The van der Waals surface area contributed by atoms with Crippen molar-refractivity contribution in [2.24, 2.45) is 5.73 Å². The molecule has 0 aromatic carbocycles. The third-order valence-corrected chi connectivity index (χ3v) is 3.32. The van der Waals surface area contributed by atoms with Gasteiger partial charge >= 0.3 is 13.6 Å². The zero-order chi connectivity index (χ0) is 10.6. The number of rotatable bonds is 5. The first-order valence-corrected chi connectivity index (χ1v) is 5.50. The van der Waals surface area contributed by atoms with Gasteiger partial charge < -0.3 is 20.6 Å². The first-order chi connectivity index (χ1) is 5.79. The van der Waals surface area contributed by atoms with Crippen LogP contribution in [0, 0.1) is 0 Å². The number of carboxylic acids is 1. The summed E-state index contributed by atoms with van der Waals surface area (Å²) in [6.07, 6.45) is 0.0152. The molecule has 2 atom stereocenters. The summed E-state index contributed by atoms with van der Waals surface area (Å²) in [6, 6.07) is -1.21. The van der Waals surface area contributed by atoms with Gasteiger partial charge in [-0.2, -0.15) is 0 Å². The molecule has 5 N–H and O–H groups in total. The Labute approximate surface area is 75.9 Å². The maximum Gasteiger partial charge on any atom is 0.328 e. The molecule has 13 heavy (non-hydrogen) atoms. The van der Waals surface area contributed by atoms with Crippen molar-refractivity contribution < 1.29 is 24.3 Å². The van der Waals surface area contributed by atoms with E-state index in [4.69, 9.17) is 20.6 Å². The lowest BCUT2D eigenvalue weighted by molar-refractivity contribution is -0.138. The normalized spacial score (nSPS) is 16.6. The van der Waals surface area contributed by atoms with E-state index < -0.39 is 25.3 Å². The number of carboxylic acid groups (broad SMARTS) is 1. The highest BCUT2D eigenvalue weighted by Gasteiger charge is 2.30. The van der Waals surface area contributed by atoms with Crippen molar-refractivity contribution in [1.29, 1.82) is 0 Å². The lowest BCUT2D eigenvalue weighted by Crippen LogP contribution is -2.33. The number of hydrogen-bond donors (Lipinski definition) is 4. The van der Waals surface area contributed by atoms with Crippen LogP contribution in [0.15, 0.2) is 0 Å². The molecule has 0 aliphatic carbocycles. The molecule has 0 saturated heterocycles. The fraction of sp³-hybridized carbons (Fsp3) is 0.833. The molecule has 0 rings (SSSR count). The lowest BCUT2D eigenvalue weighted by atomic mass is 10.1. The minimum atomic E-state index is -4.21. The quantitative estimate of drug-likeness (QED) is 0.465. The summed E-state index contributed by atoms with van der Waals surface area (Å²) in [4.78, 5) is 27.8. The average Bonchev–Trinajstić information content (AvgIpc) is 1.96. The van der Waals surface area contributed by atoms with E-state index in [1.807, 2.05) is 0 Å². The third kappa shape index (κ3) is 4.38. The first-order valence-electron chi connectivity index (χ1n) is 3.82. The summed E-state index contributed by atoms with van der Waals surface area (Å²) in [5.74, 6) is -1.24. The van der Waals surface area contributed by atoms with E-state index in [9.17, 15) is 9.36 Å². The van der Waals surface area contributed by atoms with Crippen LogP contribution in [0.5, 0.6) is 0 Å². The Kier molecular flexibility index (Phi) is 4.56. The summed E-state index contributed by atoms with van der Waals surface area (Å²) in [5.41, 5.74) is 4.19. The predicted octanol–water partition coefficient (Wildman–Crippen LogP) is -0.255. The standard InChI is InChI=1S/C6H14NO5P/c1-2-4(13(10,11)12)3-5(7)6(8)9/h4-5H,2-3,7H2,1H3,(H,8,9)(H2,10,11,12). The Hall–Kier alpha value is -0.420. The van der Waals surface area contributed by atoms with Gasteiger partial charge in [-0.05, 0) is 12.8 Å². The van der Waals surface area contributed by atoms with Crippen LogP contribution in [0.2, 0.25) is 0 Å². The second kappa shape index (κ2) is 4.72. The molecule has 0 fully saturated rings. The Bertz CT molecular complexity index is 225. The first kappa shape index (κ1) is 12.6. The van der Waals surface area contributed by atoms with E-state index in [2.05, 4.69) is 0 Å². The van der Waals surface area contributed by atoms with Gasteiger partial charge in [0, 0.05) is 0 Å². The van der Waals surface area contributed by atoms with Crippen molar-refractivity contribution in [3.63, 3.8) is 0 Å². The zero-order valence-electron chi connectivity index (χ0n) is 7.25. The van der Waals surface area contributed by atoms with Gasteiger partial charge in [-0.1, -0.05) is 6.92 Å². The van der Waals surface area contributed by atoms with Gasteiger partial charge in [0.2, 0.25) is 0 Å². The minimum Gasteiger partial charge on any atom is -0.480 e. The van der Waals surface area contributed by atoms with E-state index in [-0.39, 0.29) is 12.8 Å². The fourth-order valence-electron chi connectivity index (χ4n) is 0.936. The molecule has 2 unspecified atom stereocenters. The van der Waals surface area contributed by atoms with Crippen LogP contribution >= 0.6 is 7.60 Å². The Balaban J connectivity index is 4.31. The van der Waals surface area contributed by atoms with Crippen molar-refractivity contribution >= 4 is 13.6 Å². The highest BCUT2D eigenvalue weighted by molar-refractivity contribution is 7.52. The van der Waals surface area contributed by atoms with Gasteiger partial charge in [0.05, 0.1) is 5.66 Å².